The van der Waals surface area contributed by atoms with Crippen molar-refractivity contribution in [2.24, 2.45) is 11.1 Å². The van der Waals surface area contributed by atoms with Crippen molar-refractivity contribution in [3.63, 3.8) is 0 Å². The molecule has 0 amide bonds. The maximum atomic E-state index is 13.9. The molecule has 2 aliphatic rings. The highest BCUT2D eigenvalue weighted by molar-refractivity contribution is 5.38. The number of ether oxygens (including phenoxy) is 3. The number of methoxy groups -OCH3 is 1. The van der Waals surface area contributed by atoms with Gasteiger partial charge in [0.05, 0.1) is 39.0 Å². The summed E-state index contributed by atoms with van der Waals surface area (Å²) in [5.41, 5.74) is 6.50. The van der Waals surface area contributed by atoms with Crippen molar-refractivity contribution in [1.82, 2.24) is 0 Å². The third kappa shape index (κ3) is 1.62. The van der Waals surface area contributed by atoms with Gasteiger partial charge in [0, 0.05) is 12.0 Å². The van der Waals surface area contributed by atoms with Gasteiger partial charge < -0.3 is 19.9 Å². The molecule has 0 atom stereocenters. The second kappa shape index (κ2) is 4.44. The zero-order valence-electron chi connectivity index (χ0n) is 10.9. The molecule has 1 aromatic carbocycles. The molecule has 5 heteroatoms. The number of nitrogens with two attached hydrogens (primary N) is 1. The summed E-state index contributed by atoms with van der Waals surface area (Å²) in [5, 5.41) is 0. The van der Waals surface area contributed by atoms with E-state index in [1.165, 1.54) is 13.2 Å². The minimum absolute atomic E-state index is 0.133. The Morgan fingerprint density at radius 2 is 1.95 bits per heavy atom. The highest BCUT2D eigenvalue weighted by Gasteiger charge is 2.60. The Labute approximate surface area is 111 Å². The van der Waals surface area contributed by atoms with Crippen LogP contribution in [-0.4, -0.2) is 40.1 Å². The van der Waals surface area contributed by atoms with Gasteiger partial charge in [-0.3, -0.25) is 0 Å². The Bertz CT molecular complexity index is 478. The van der Waals surface area contributed by atoms with Gasteiger partial charge in [0.25, 0.3) is 0 Å². The lowest BCUT2D eigenvalue weighted by molar-refractivity contribution is -0.223. The average molecular weight is 267 g/mol. The van der Waals surface area contributed by atoms with E-state index in [1.54, 1.807) is 6.07 Å². The summed E-state index contributed by atoms with van der Waals surface area (Å²) in [6.45, 7) is 2.88. The molecule has 2 aliphatic heterocycles. The number of hydrogen-bond acceptors (Lipinski definition) is 4. The zero-order valence-corrected chi connectivity index (χ0v) is 10.9. The van der Waals surface area contributed by atoms with Crippen LogP contribution in [0.3, 0.4) is 0 Å². The molecule has 2 heterocycles. The van der Waals surface area contributed by atoms with Gasteiger partial charge in [-0.25, -0.2) is 4.39 Å². The lowest BCUT2D eigenvalue weighted by Gasteiger charge is -2.59. The Kier molecular flexibility index (Phi) is 3.00. The molecule has 0 aromatic heterocycles. The molecule has 0 aliphatic carbocycles. The molecule has 2 saturated heterocycles. The Balaban J connectivity index is 2.00. The van der Waals surface area contributed by atoms with Crippen molar-refractivity contribution in [2.45, 2.75) is 5.41 Å². The van der Waals surface area contributed by atoms with Crippen molar-refractivity contribution >= 4 is 0 Å². The molecule has 2 fully saturated rings. The van der Waals surface area contributed by atoms with Crippen LogP contribution in [0, 0.1) is 11.2 Å². The summed E-state index contributed by atoms with van der Waals surface area (Å²) >= 11 is 0. The molecule has 4 nitrogen and oxygen atoms in total. The first kappa shape index (κ1) is 12.8. The van der Waals surface area contributed by atoms with Gasteiger partial charge in [0.15, 0.2) is 11.6 Å². The van der Waals surface area contributed by atoms with Crippen LogP contribution in [0.25, 0.3) is 0 Å². The minimum atomic E-state index is -0.348. The van der Waals surface area contributed by atoms with Gasteiger partial charge in [0.2, 0.25) is 0 Å². The Morgan fingerprint density at radius 1 is 1.26 bits per heavy atom. The summed E-state index contributed by atoms with van der Waals surface area (Å²) in [4.78, 5) is 0. The highest BCUT2D eigenvalue weighted by Crippen LogP contribution is 2.51. The van der Waals surface area contributed by atoms with Crippen molar-refractivity contribution < 1.29 is 18.6 Å². The molecular weight excluding hydrogens is 249 g/mol. The predicted octanol–water partition coefficient (Wildman–Crippen LogP) is 1.08. The van der Waals surface area contributed by atoms with E-state index in [1.807, 2.05) is 6.07 Å². The van der Waals surface area contributed by atoms with Gasteiger partial charge in [-0.2, -0.15) is 0 Å². The first-order chi connectivity index (χ1) is 9.17. The molecular formula is C14H18FNO3. The molecule has 0 unspecified atom stereocenters. The summed E-state index contributed by atoms with van der Waals surface area (Å²) in [6.07, 6.45) is 0. The van der Waals surface area contributed by atoms with Gasteiger partial charge in [0.1, 0.15) is 0 Å². The second-order valence-electron chi connectivity index (χ2n) is 5.40. The van der Waals surface area contributed by atoms with Gasteiger partial charge in [-0.15, -0.1) is 0 Å². The second-order valence-corrected chi connectivity index (χ2v) is 5.40. The van der Waals surface area contributed by atoms with Gasteiger partial charge >= 0.3 is 0 Å². The van der Waals surface area contributed by atoms with Crippen LogP contribution in [0.2, 0.25) is 0 Å². The Hall–Kier alpha value is -1.17. The van der Waals surface area contributed by atoms with E-state index in [4.69, 9.17) is 19.9 Å². The number of hydrogen-bond donors (Lipinski definition) is 1. The van der Waals surface area contributed by atoms with Crippen LogP contribution in [-0.2, 0) is 14.9 Å². The predicted molar refractivity (Wildman–Crippen MR) is 67.8 cm³/mol. The van der Waals surface area contributed by atoms with E-state index in [2.05, 4.69) is 0 Å². The monoisotopic (exact) mass is 267 g/mol. The van der Waals surface area contributed by atoms with Gasteiger partial charge in [-0.1, -0.05) is 6.07 Å². The molecule has 0 saturated carbocycles. The van der Waals surface area contributed by atoms with Crippen molar-refractivity contribution in [3.8, 4) is 5.75 Å². The van der Waals surface area contributed by atoms with Crippen LogP contribution in [0.5, 0.6) is 5.75 Å². The largest absolute Gasteiger partial charge is 0.494 e. The van der Waals surface area contributed by atoms with E-state index in [0.717, 1.165) is 5.56 Å². The van der Waals surface area contributed by atoms with E-state index < -0.39 is 0 Å². The molecule has 0 radical (unpaired) electrons. The minimum Gasteiger partial charge on any atom is -0.494 e. The van der Waals surface area contributed by atoms with Crippen LogP contribution in [0.15, 0.2) is 18.2 Å². The van der Waals surface area contributed by atoms with Gasteiger partial charge in [-0.05, 0) is 17.7 Å². The Morgan fingerprint density at radius 3 is 2.32 bits per heavy atom. The molecule has 0 spiro atoms. The summed E-state index contributed by atoms with van der Waals surface area (Å²) < 4.78 is 29.6. The lowest BCUT2D eigenvalue weighted by atomic mass is 9.57. The fourth-order valence-electron chi connectivity index (χ4n) is 2.99. The van der Waals surface area contributed by atoms with Crippen molar-refractivity contribution in [2.75, 3.05) is 40.1 Å². The van der Waals surface area contributed by atoms with E-state index in [0.29, 0.717) is 33.0 Å². The standard InChI is InChI=1S/C14H18FNO3/c1-17-12-3-2-10(4-11(12)15)14(8-19-9-14)13(5-16)6-18-7-13/h2-4H,5-9,16H2,1H3. The fraction of sp³-hybridized carbons (Fsp3) is 0.571. The van der Waals surface area contributed by atoms with Crippen LogP contribution < -0.4 is 10.5 Å². The smallest absolute Gasteiger partial charge is 0.165 e. The zero-order chi connectivity index (χ0) is 13.5. The molecule has 19 heavy (non-hydrogen) atoms. The topological polar surface area (TPSA) is 53.7 Å². The maximum Gasteiger partial charge on any atom is 0.165 e. The van der Waals surface area contributed by atoms with E-state index >= 15 is 0 Å². The third-order valence-corrected chi connectivity index (χ3v) is 4.56. The summed E-state index contributed by atoms with van der Waals surface area (Å²) in [7, 11) is 1.46. The van der Waals surface area contributed by atoms with E-state index in [-0.39, 0.29) is 22.4 Å². The molecule has 3 rings (SSSR count). The summed E-state index contributed by atoms with van der Waals surface area (Å²) in [6, 6.07) is 5.10. The fourth-order valence-corrected chi connectivity index (χ4v) is 2.99. The molecule has 104 valence electrons. The quantitative estimate of drug-likeness (QED) is 0.887. The van der Waals surface area contributed by atoms with Crippen LogP contribution in [0.4, 0.5) is 4.39 Å². The molecule has 2 N–H and O–H groups in total. The van der Waals surface area contributed by atoms with Crippen molar-refractivity contribution in [1.29, 1.82) is 0 Å². The normalized spacial score (nSPS) is 23.3. The SMILES string of the molecule is COc1ccc(C2(C3(CN)COC3)COC2)cc1F. The first-order valence-electron chi connectivity index (χ1n) is 6.37. The maximum absolute atomic E-state index is 13.9. The first-order valence-corrected chi connectivity index (χ1v) is 6.37. The van der Waals surface area contributed by atoms with Crippen molar-refractivity contribution in [3.05, 3.63) is 29.6 Å². The lowest BCUT2D eigenvalue weighted by Crippen LogP contribution is -2.69. The van der Waals surface area contributed by atoms with Crippen LogP contribution in [0.1, 0.15) is 5.56 Å². The highest BCUT2D eigenvalue weighted by atomic mass is 19.1. The molecule has 1 aromatic rings. The van der Waals surface area contributed by atoms with E-state index in [9.17, 15) is 4.39 Å². The summed E-state index contributed by atoms with van der Waals surface area (Å²) in [5.74, 6) is -0.0931. The average Bonchev–Trinajstić information content (AvgIpc) is 2.31. The number of rotatable bonds is 4. The van der Waals surface area contributed by atoms with Crippen LogP contribution >= 0.6 is 0 Å². The third-order valence-electron chi connectivity index (χ3n) is 4.56. The number of halogens is 1. The number of benzene rings is 1. The molecule has 0 bridgehead atoms.